The molecule has 2 heterocycles. The van der Waals surface area contributed by atoms with Crippen LogP contribution in [0.3, 0.4) is 0 Å². The van der Waals surface area contributed by atoms with Gasteiger partial charge in [0.1, 0.15) is 17.5 Å². The second-order valence-electron chi connectivity index (χ2n) is 10.9. The molecule has 1 atom stereocenters. The van der Waals surface area contributed by atoms with Crippen molar-refractivity contribution in [3.8, 4) is 11.1 Å². The van der Waals surface area contributed by atoms with Crippen LogP contribution < -0.4 is 17.2 Å². The first-order valence-corrected chi connectivity index (χ1v) is 13.8. The van der Waals surface area contributed by atoms with Crippen molar-refractivity contribution < 1.29 is 18.3 Å². The van der Waals surface area contributed by atoms with Crippen LogP contribution in [0.4, 0.5) is 14.6 Å². The molecule has 6 N–H and O–H groups in total. The lowest BCUT2D eigenvalue weighted by Gasteiger charge is -2.17. The summed E-state index contributed by atoms with van der Waals surface area (Å²) in [6, 6.07) is 10.4. The van der Waals surface area contributed by atoms with E-state index in [2.05, 4.69) is 37.0 Å². The Morgan fingerprint density at radius 2 is 1.73 bits per heavy atom. The number of aryl methyl sites for hydroxylation is 2. The molecule has 214 valence electrons. The van der Waals surface area contributed by atoms with Crippen molar-refractivity contribution in [1.82, 2.24) is 9.88 Å². The first kappa shape index (κ1) is 29.6. The van der Waals surface area contributed by atoms with E-state index < -0.39 is 17.5 Å². The molecule has 1 amide bonds. The summed E-state index contributed by atoms with van der Waals surface area (Å²) in [4.78, 5) is 17.1. The highest BCUT2D eigenvalue weighted by Gasteiger charge is 2.22. The standard InChI is InChI=1S/C17H19F2N5O.C14H20O/c18-14-4-9(10-3-12(17(22)25)16(21)23-6-10)5-15(19)13(14)8-24-2-1-11(20)7-24;1-11-7-8-13(9-12(11)2)10-15-14-5-3-4-6-14/h3-6,11H,1-2,7-8,20H2,(H2,21,23)(H2,22,25);7-9,14H,3-6,10H2,1-2H3. The summed E-state index contributed by atoms with van der Waals surface area (Å²) in [7, 11) is 0. The molecule has 1 aliphatic carbocycles. The van der Waals surface area contributed by atoms with Gasteiger partial charge in [-0.1, -0.05) is 31.0 Å². The molecule has 0 radical (unpaired) electrons. The minimum absolute atomic E-state index is 0.00335. The van der Waals surface area contributed by atoms with Crippen LogP contribution in [0.1, 0.15) is 64.7 Å². The number of carbonyl (C=O) groups is 1. The average Bonchev–Trinajstić information content (AvgIpc) is 3.59. The van der Waals surface area contributed by atoms with Gasteiger partial charge in [-0.15, -0.1) is 0 Å². The number of aromatic nitrogens is 1. The van der Waals surface area contributed by atoms with Crippen LogP contribution in [0, 0.1) is 25.5 Å². The molecule has 1 saturated heterocycles. The number of primary amides is 1. The summed E-state index contributed by atoms with van der Waals surface area (Å²) in [6.07, 6.45) is 7.88. The number of anilines is 1. The van der Waals surface area contributed by atoms with Crippen molar-refractivity contribution in [3.05, 3.63) is 82.0 Å². The lowest BCUT2D eigenvalue weighted by Crippen LogP contribution is -2.26. The summed E-state index contributed by atoms with van der Waals surface area (Å²) in [6.45, 7) is 6.59. The highest BCUT2D eigenvalue weighted by Crippen LogP contribution is 2.27. The Kier molecular flexibility index (Phi) is 9.84. The van der Waals surface area contributed by atoms with E-state index in [0.29, 0.717) is 24.8 Å². The minimum atomic E-state index is -0.755. The number of ether oxygens (including phenoxy) is 1. The number of pyridine rings is 1. The number of nitrogen functional groups attached to an aromatic ring is 1. The predicted molar refractivity (Wildman–Crippen MR) is 153 cm³/mol. The van der Waals surface area contributed by atoms with Gasteiger partial charge >= 0.3 is 0 Å². The Balaban J connectivity index is 0.000000210. The van der Waals surface area contributed by atoms with Crippen LogP contribution in [-0.4, -0.2) is 41.0 Å². The second kappa shape index (κ2) is 13.3. The molecule has 1 unspecified atom stereocenters. The molecular weight excluding hydrogens is 512 g/mol. The number of benzene rings is 2. The van der Waals surface area contributed by atoms with E-state index >= 15 is 0 Å². The van der Waals surface area contributed by atoms with Gasteiger partial charge in [0.05, 0.1) is 18.3 Å². The number of nitrogens with two attached hydrogens (primary N) is 3. The van der Waals surface area contributed by atoms with E-state index in [1.165, 1.54) is 66.8 Å². The van der Waals surface area contributed by atoms with E-state index in [1.807, 2.05) is 4.90 Å². The SMILES string of the molecule is Cc1ccc(COC2CCCC2)cc1C.NC(=O)c1cc(-c2cc(F)c(CN3CCC(N)C3)c(F)c2)cnc1N. The van der Waals surface area contributed by atoms with Gasteiger partial charge < -0.3 is 21.9 Å². The van der Waals surface area contributed by atoms with E-state index in [4.69, 9.17) is 21.9 Å². The topological polar surface area (TPSA) is 120 Å². The van der Waals surface area contributed by atoms with Crippen molar-refractivity contribution in [3.63, 3.8) is 0 Å². The summed E-state index contributed by atoms with van der Waals surface area (Å²) < 4.78 is 34.8. The Bertz CT molecular complexity index is 1320. The highest BCUT2D eigenvalue weighted by atomic mass is 19.1. The molecule has 1 aliphatic heterocycles. The zero-order valence-corrected chi connectivity index (χ0v) is 23.3. The van der Waals surface area contributed by atoms with Gasteiger partial charge in [0.15, 0.2) is 0 Å². The summed E-state index contributed by atoms with van der Waals surface area (Å²) in [5.41, 5.74) is 21.3. The molecule has 0 bridgehead atoms. The third-order valence-corrected chi connectivity index (χ3v) is 7.71. The van der Waals surface area contributed by atoms with Crippen LogP contribution >= 0.6 is 0 Å². The maximum absolute atomic E-state index is 14.5. The number of hydrogen-bond donors (Lipinski definition) is 3. The largest absolute Gasteiger partial charge is 0.383 e. The molecule has 9 heteroatoms. The fourth-order valence-electron chi connectivity index (χ4n) is 5.14. The first-order valence-electron chi connectivity index (χ1n) is 13.8. The number of halogens is 2. The molecule has 1 aromatic heterocycles. The lowest BCUT2D eigenvalue weighted by atomic mass is 10.0. The van der Waals surface area contributed by atoms with Crippen molar-refractivity contribution >= 4 is 11.7 Å². The maximum Gasteiger partial charge on any atom is 0.252 e. The predicted octanol–water partition coefficient (Wildman–Crippen LogP) is 5.00. The summed E-state index contributed by atoms with van der Waals surface area (Å²) >= 11 is 0. The third kappa shape index (κ3) is 7.62. The number of amides is 1. The number of likely N-dealkylation sites (tertiary alicyclic amines) is 1. The van der Waals surface area contributed by atoms with Gasteiger partial charge in [-0.2, -0.15) is 0 Å². The monoisotopic (exact) mass is 551 g/mol. The van der Waals surface area contributed by atoms with E-state index in [9.17, 15) is 13.6 Å². The van der Waals surface area contributed by atoms with Crippen LogP contribution in [0.5, 0.6) is 0 Å². The van der Waals surface area contributed by atoms with Crippen molar-refractivity contribution in [2.75, 3.05) is 18.8 Å². The number of rotatable bonds is 7. The molecule has 2 aliphatic rings. The zero-order valence-electron chi connectivity index (χ0n) is 23.3. The average molecular weight is 552 g/mol. The van der Waals surface area contributed by atoms with Gasteiger partial charge in [0, 0.05) is 43.0 Å². The molecule has 3 aromatic rings. The minimum Gasteiger partial charge on any atom is -0.383 e. The Hall–Kier alpha value is -3.40. The number of carbonyl (C=O) groups excluding carboxylic acids is 1. The Labute approximate surface area is 234 Å². The Morgan fingerprint density at radius 1 is 1.02 bits per heavy atom. The highest BCUT2D eigenvalue weighted by molar-refractivity contribution is 5.98. The summed E-state index contributed by atoms with van der Waals surface area (Å²) in [5.74, 6) is -2.10. The molecule has 5 rings (SSSR count). The first-order chi connectivity index (χ1) is 19.1. The smallest absolute Gasteiger partial charge is 0.252 e. The van der Waals surface area contributed by atoms with Gasteiger partial charge in [0.25, 0.3) is 5.91 Å². The van der Waals surface area contributed by atoms with Crippen LogP contribution in [-0.2, 0) is 17.9 Å². The van der Waals surface area contributed by atoms with E-state index in [0.717, 1.165) is 13.0 Å². The summed E-state index contributed by atoms with van der Waals surface area (Å²) in [5, 5.41) is 0. The van der Waals surface area contributed by atoms with Gasteiger partial charge in [0.2, 0.25) is 0 Å². The van der Waals surface area contributed by atoms with Gasteiger partial charge in [-0.25, -0.2) is 13.8 Å². The number of hydrogen-bond acceptors (Lipinski definition) is 6. The fourth-order valence-corrected chi connectivity index (χ4v) is 5.14. The molecule has 2 aromatic carbocycles. The molecule has 1 saturated carbocycles. The van der Waals surface area contributed by atoms with Gasteiger partial charge in [-0.05, 0) is 73.6 Å². The molecule has 0 spiro atoms. The number of nitrogens with zero attached hydrogens (tertiary/aromatic N) is 2. The van der Waals surface area contributed by atoms with Crippen LogP contribution in [0.2, 0.25) is 0 Å². The van der Waals surface area contributed by atoms with E-state index in [1.54, 1.807) is 0 Å². The van der Waals surface area contributed by atoms with Gasteiger partial charge in [-0.3, -0.25) is 9.69 Å². The molecule has 2 fully saturated rings. The van der Waals surface area contributed by atoms with Crippen molar-refractivity contribution in [2.45, 2.75) is 71.2 Å². The molecule has 7 nitrogen and oxygen atoms in total. The van der Waals surface area contributed by atoms with E-state index in [-0.39, 0.29) is 35.1 Å². The lowest BCUT2D eigenvalue weighted by molar-refractivity contribution is 0.0456. The maximum atomic E-state index is 14.5. The third-order valence-electron chi connectivity index (χ3n) is 7.71. The Morgan fingerprint density at radius 3 is 2.33 bits per heavy atom. The quantitative estimate of drug-likeness (QED) is 0.380. The fraction of sp³-hybridized carbons (Fsp3) is 0.419. The second-order valence-corrected chi connectivity index (χ2v) is 10.9. The van der Waals surface area contributed by atoms with Crippen LogP contribution in [0.15, 0.2) is 42.6 Å². The van der Waals surface area contributed by atoms with Crippen molar-refractivity contribution in [1.29, 1.82) is 0 Å². The normalized spacial score (nSPS) is 17.6. The molecular formula is C31H39F2N5O2. The molecule has 40 heavy (non-hydrogen) atoms. The zero-order chi connectivity index (χ0) is 28.8. The van der Waals surface area contributed by atoms with Crippen LogP contribution in [0.25, 0.3) is 11.1 Å². The van der Waals surface area contributed by atoms with Crippen molar-refractivity contribution in [2.24, 2.45) is 11.5 Å².